The molecule has 0 spiro atoms. The number of benzene rings is 1. The second-order valence-corrected chi connectivity index (χ2v) is 8.20. The summed E-state index contributed by atoms with van der Waals surface area (Å²) in [5.74, 6) is 0.0153. The standard InChI is InChI=1S/C15H20N2O2S2/c1-12-6-7-15(20-12)10-17-9-13-4-3-5-14(8-13)11-21(18,19)16-2/h3-8,16-17H,9-11H2,1-2H3. The Hall–Kier alpha value is -1.21. The number of rotatable bonds is 7. The molecule has 0 aliphatic rings. The summed E-state index contributed by atoms with van der Waals surface area (Å²) >= 11 is 1.79. The first-order valence-corrected chi connectivity index (χ1v) is 9.20. The van der Waals surface area contributed by atoms with Gasteiger partial charge in [-0.25, -0.2) is 13.1 Å². The van der Waals surface area contributed by atoms with E-state index in [0.29, 0.717) is 0 Å². The van der Waals surface area contributed by atoms with Gasteiger partial charge in [0.25, 0.3) is 0 Å². The van der Waals surface area contributed by atoms with Crippen LogP contribution in [0.25, 0.3) is 0 Å². The summed E-state index contributed by atoms with van der Waals surface area (Å²) in [5, 5.41) is 3.38. The predicted octanol–water partition coefficient (Wildman–Crippen LogP) is 2.40. The minimum absolute atomic E-state index is 0.0153. The van der Waals surface area contributed by atoms with Crippen LogP contribution in [-0.2, 0) is 28.9 Å². The van der Waals surface area contributed by atoms with Crippen LogP contribution < -0.4 is 10.0 Å². The zero-order valence-corrected chi connectivity index (χ0v) is 13.9. The molecule has 1 aromatic carbocycles. The van der Waals surface area contributed by atoms with Crippen molar-refractivity contribution in [2.75, 3.05) is 7.05 Å². The molecule has 0 saturated carbocycles. The first kappa shape index (κ1) is 16.2. The van der Waals surface area contributed by atoms with Crippen LogP contribution >= 0.6 is 11.3 Å². The molecule has 0 radical (unpaired) electrons. The zero-order valence-electron chi connectivity index (χ0n) is 12.2. The molecule has 2 rings (SSSR count). The van der Waals surface area contributed by atoms with E-state index in [2.05, 4.69) is 29.1 Å². The molecule has 0 atom stereocenters. The highest BCUT2D eigenvalue weighted by atomic mass is 32.2. The van der Waals surface area contributed by atoms with E-state index in [4.69, 9.17) is 0 Å². The van der Waals surface area contributed by atoms with Gasteiger partial charge < -0.3 is 5.32 Å². The highest BCUT2D eigenvalue weighted by Gasteiger charge is 2.08. The fraction of sp³-hybridized carbons (Fsp3) is 0.333. The van der Waals surface area contributed by atoms with E-state index in [1.54, 1.807) is 11.3 Å². The van der Waals surface area contributed by atoms with Crippen molar-refractivity contribution in [3.63, 3.8) is 0 Å². The maximum Gasteiger partial charge on any atom is 0.215 e. The van der Waals surface area contributed by atoms with Crippen molar-refractivity contribution in [2.24, 2.45) is 0 Å². The predicted molar refractivity (Wildman–Crippen MR) is 87.7 cm³/mol. The summed E-state index contributed by atoms with van der Waals surface area (Å²) in [6, 6.07) is 11.9. The molecule has 2 N–H and O–H groups in total. The molecule has 0 amide bonds. The fourth-order valence-corrected chi connectivity index (χ4v) is 3.65. The van der Waals surface area contributed by atoms with Crippen molar-refractivity contribution in [1.82, 2.24) is 10.0 Å². The van der Waals surface area contributed by atoms with Gasteiger partial charge in [-0.15, -0.1) is 11.3 Å². The molecule has 1 aromatic heterocycles. The van der Waals surface area contributed by atoms with E-state index in [1.165, 1.54) is 16.8 Å². The highest BCUT2D eigenvalue weighted by Crippen LogP contribution is 2.15. The third-order valence-corrected chi connectivity index (χ3v) is 5.42. The molecule has 21 heavy (non-hydrogen) atoms. The topological polar surface area (TPSA) is 58.2 Å². The van der Waals surface area contributed by atoms with E-state index in [-0.39, 0.29) is 5.75 Å². The van der Waals surface area contributed by atoms with Crippen LogP contribution in [0.3, 0.4) is 0 Å². The van der Waals surface area contributed by atoms with Gasteiger partial charge in [0.05, 0.1) is 5.75 Å². The largest absolute Gasteiger partial charge is 0.308 e. The van der Waals surface area contributed by atoms with Crippen molar-refractivity contribution < 1.29 is 8.42 Å². The lowest BCUT2D eigenvalue weighted by molar-refractivity contribution is 0.587. The van der Waals surface area contributed by atoms with Crippen LogP contribution in [0.4, 0.5) is 0 Å². The van der Waals surface area contributed by atoms with Crippen LogP contribution in [-0.4, -0.2) is 15.5 Å². The van der Waals surface area contributed by atoms with Crippen molar-refractivity contribution in [3.05, 3.63) is 57.3 Å². The third kappa shape index (κ3) is 5.24. The molecule has 0 bridgehead atoms. The van der Waals surface area contributed by atoms with Crippen molar-refractivity contribution in [1.29, 1.82) is 0 Å². The monoisotopic (exact) mass is 324 g/mol. The Balaban J connectivity index is 1.92. The van der Waals surface area contributed by atoms with Gasteiger partial charge in [0.15, 0.2) is 0 Å². The van der Waals surface area contributed by atoms with Gasteiger partial charge in [-0.05, 0) is 37.2 Å². The SMILES string of the molecule is CNS(=O)(=O)Cc1cccc(CNCc2ccc(C)s2)c1. The van der Waals surface area contributed by atoms with E-state index >= 15 is 0 Å². The van der Waals surface area contributed by atoms with Crippen LogP contribution in [0.2, 0.25) is 0 Å². The lowest BCUT2D eigenvalue weighted by Gasteiger charge is -2.07. The second-order valence-electron chi connectivity index (χ2n) is 4.90. The number of hydrogen-bond donors (Lipinski definition) is 2. The van der Waals surface area contributed by atoms with Gasteiger partial charge in [0.2, 0.25) is 10.0 Å². The summed E-state index contributed by atoms with van der Waals surface area (Å²) in [6.45, 7) is 3.65. The number of aryl methyl sites for hydroxylation is 1. The maximum atomic E-state index is 11.6. The molecule has 4 nitrogen and oxygen atoms in total. The van der Waals surface area contributed by atoms with Gasteiger partial charge in [0, 0.05) is 22.8 Å². The van der Waals surface area contributed by atoms with E-state index in [9.17, 15) is 8.42 Å². The summed E-state index contributed by atoms with van der Waals surface area (Å²) in [6.07, 6.45) is 0. The fourth-order valence-electron chi connectivity index (χ4n) is 2.03. The number of sulfonamides is 1. The minimum Gasteiger partial charge on any atom is -0.308 e. The molecule has 0 unspecified atom stereocenters. The molecular weight excluding hydrogens is 304 g/mol. The molecule has 1 heterocycles. The van der Waals surface area contributed by atoms with Crippen LogP contribution in [0.15, 0.2) is 36.4 Å². The molecule has 0 fully saturated rings. The van der Waals surface area contributed by atoms with Crippen molar-refractivity contribution in [3.8, 4) is 0 Å². The summed E-state index contributed by atoms with van der Waals surface area (Å²) in [5.41, 5.74) is 1.89. The lowest BCUT2D eigenvalue weighted by atomic mass is 10.1. The van der Waals surface area contributed by atoms with Crippen LogP contribution in [0, 0.1) is 6.92 Å². The van der Waals surface area contributed by atoms with Crippen molar-refractivity contribution >= 4 is 21.4 Å². The van der Waals surface area contributed by atoms with Crippen LogP contribution in [0.5, 0.6) is 0 Å². The second kappa shape index (κ2) is 7.17. The van der Waals surface area contributed by atoms with Crippen LogP contribution in [0.1, 0.15) is 20.9 Å². The van der Waals surface area contributed by atoms with Crippen molar-refractivity contribution in [2.45, 2.75) is 25.8 Å². The van der Waals surface area contributed by atoms with Gasteiger partial charge in [-0.1, -0.05) is 24.3 Å². The van der Waals surface area contributed by atoms with Gasteiger partial charge in [-0.3, -0.25) is 0 Å². The Morgan fingerprint density at radius 3 is 2.52 bits per heavy atom. The lowest BCUT2D eigenvalue weighted by Crippen LogP contribution is -2.20. The third-order valence-electron chi connectivity index (χ3n) is 3.08. The summed E-state index contributed by atoms with van der Waals surface area (Å²) < 4.78 is 25.4. The van der Waals surface area contributed by atoms with E-state index < -0.39 is 10.0 Å². The molecule has 0 aliphatic heterocycles. The molecule has 0 aliphatic carbocycles. The molecule has 114 valence electrons. The first-order chi connectivity index (χ1) is 9.98. The Bertz CT molecular complexity index is 693. The van der Waals surface area contributed by atoms with Gasteiger partial charge in [-0.2, -0.15) is 0 Å². The average molecular weight is 324 g/mol. The summed E-state index contributed by atoms with van der Waals surface area (Å²) in [4.78, 5) is 2.62. The zero-order chi connectivity index (χ0) is 15.3. The molecule has 0 saturated heterocycles. The maximum absolute atomic E-state index is 11.6. The Kier molecular flexibility index (Phi) is 5.52. The Labute approximate surface area is 130 Å². The minimum atomic E-state index is -3.22. The van der Waals surface area contributed by atoms with Gasteiger partial charge in [0.1, 0.15) is 0 Å². The highest BCUT2D eigenvalue weighted by molar-refractivity contribution is 7.88. The summed E-state index contributed by atoms with van der Waals surface area (Å²) in [7, 11) is -1.78. The number of thiophene rings is 1. The molecular formula is C15H20N2O2S2. The molecule has 6 heteroatoms. The number of nitrogens with one attached hydrogen (secondary N) is 2. The average Bonchev–Trinajstić information content (AvgIpc) is 2.84. The molecule has 2 aromatic rings. The quantitative estimate of drug-likeness (QED) is 0.822. The Morgan fingerprint density at radius 2 is 1.86 bits per heavy atom. The first-order valence-electron chi connectivity index (χ1n) is 6.73. The van der Waals surface area contributed by atoms with Gasteiger partial charge >= 0.3 is 0 Å². The number of hydrogen-bond acceptors (Lipinski definition) is 4. The smallest absolute Gasteiger partial charge is 0.215 e. The van der Waals surface area contributed by atoms with E-state index in [0.717, 1.165) is 24.2 Å². The normalized spacial score (nSPS) is 11.7. The van der Waals surface area contributed by atoms with E-state index in [1.807, 2.05) is 24.3 Å². The Morgan fingerprint density at radius 1 is 1.10 bits per heavy atom.